The number of rotatable bonds is 1. The van der Waals surface area contributed by atoms with Crippen LogP contribution in [0.25, 0.3) is 0 Å². The van der Waals surface area contributed by atoms with E-state index in [-0.39, 0.29) is 12.0 Å². The van der Waals surface area contributed by atoms with Gasteiger partial charge >= 0.3 is 0 Å². The van der Waals surface area contributed by atoms with Gasteiger partial charge in [-0.25, -0.2) is 4.39 Å². The van der Waals surface area contributed by atoms with E-state index in [9.17, 15) is 9.50 Å². The summed E-state index contributed by atoms with van der Waals surface area (Å²) in [5.41, 5.74) is -0.145. The summed E-state index contributed by atoms with van der Waals surface area (Å²) in [7, 11) is 0. The summed E-state index contributed by atoms with van der Waals surface area (Å²) in [6, 6.07) is 5.68. The van der Waals surface area contributed by atoms with Gasteiger partial charge in [0, 0.05) is 5.56 Å². The molecule has 0 aliphatic heterocycles. The number of phenolic OH excluding ortho intramolecular Hbond substituents is 1. The number of hydrogen-bond donors (Lipinski definition) is 1. The first kappa shape index (κ1) is 9.02. The zero-order valence-corrected chi connectivity index (χ0v) is 6.58. The monoisotopic (exact) mass is 176 g/mol. The fraction of sp³-hybridized carbons (Fsp3) is 0.111. The molecule has 0 aromatic heterocycles. The Labute approximate surface area is 74.3 Å². The van der Waals surface area contributed by atoms with Crippen LogP contribution in [0.5, 0.6) is 5.75 Å². The highest BCUT2D eigenvalue weighted by Crippen LogP contribution is 2.24. The summed E-state index contributed by atoms with van der Waals surface area (Å²) in [5.74, 6) is -1.22. The molecule has 1 N–H and O–H groups in total. The van der Waals surface area contributed by atoms with E-state index in [0.29, 0.717) is 0 Å². The maximum atomic E-state index is 12.8. The molecule has 0 aliphatic carbocycles. The van der Waals surface area contributed by atoms with Crippen molar-refractivity contribution < 1.29 is 9.50 Å². The van der Waals surface area contributed by atoms with E-state index in [1.165, 1.54) is 12.1 Å². The van der Waals surface area contributed by atoms with E-state index >= 15 is 0 Å². The summed E-state index contributed by atoms with van der Waals surface area (Å²) >= 11 is 0. The molecule has 0 unspecified atom stereocenters. The van der Waals surface area contributed by atoms with E-state index < -0.39 is 17.1 Å². The van der Waals surface area contributed by atoms with Gasteiger partial charge in [-0.2, -0.15) is 10.5 Å². The fourth-order valence-electron chi connectivity index (χ4n) is 0.944. The van der Waals surface area contributed by atoms with Crippen molar-refractivity contribution in [2.75, 3.05) is 0 Å². The van der Waals surface area contributed by atoms with Crippen LogP contribution in [0, 0.1) is 28.5 Å². The highest BCUT2D eigenvalue weighted by Gasteiger charge is 2.11. The summed E-state index contributed by atoms with van der Waals surface area (Å²) in [6.45, 7) is 0. The normalized spacial score (nSPS) is 8.85. The molecule has 0 saturated heterocycles. The third-order valence-electron chi connectivity index (χ3n) is 1.59. The summed E-state index contributed by atoms with van der Waals surface area (Å²) < 4.78 is 12.8. The average molecular weight is 176 g/mol. The maximum absolute atomic E-state index is 12.8. The number of nitrogens with zero attached hydrogens (tertiary/aromatic N) is 2. The summed E-state index contributed by atoms with van der Waals surface area (Å²) in [5, 5.41) is 26.1. The summed E-state index contributed by atoms with van der Waals surface area (Å²) in [6.07, 6.45) is -0.0409. The first-order valence-electron chi connectivity index (χ1n) is 3.48. The molecule has 1 aromatic rings. The molecule has 3 nitrogen and oxygen atoms in total. The van der Waals surface area contributed by atoms with Crippen LogP contribution in [0.1, 0.15) is 11.1 Å². The van der Waals surface area contributed by atoms with Crippen LogP contribution in [0.4, 0.5) is 4.39 Å². The Hall–Kier alpha value is -2.07. The molecule has 0 radical (unpaired) electrons. The molecule has 0 saturated carbocycles. The second-order valence-corrected chi connectivity index (χ2v) is 2.38. The van der Waals surface area contributed by atoms with Crippen molar-refractivity contribution in [2.45, 2.75) is 6.42 Å². The minimum absolute atomic E-state index is 0.0409. The SMILES string of the molecule is N#CCc1ccc(F)c(C#N)c1O. The molecule has 0 bridgehead atoms. The Kier molecular flexibility index (Phi) is 2.47. The lowest BCUT2D eigenvalue weighted by atomic mass is 10.1. The first-order chi connectivity index (χ1) is 6.20. The van der Waals surface area contributed by atoms with Crippen molar-refractivity contribution in [2.24, 2.45) is 0 Å². The van der Waals surface area contributed by atoms with E-state index in [4.69, 9.17) is 10.5 Å². The Morgan fingerprint density at radius 2 is 2.08 bits per heavy atom. The van der Waals surface area contributed by atoms with Crippen molar-refractivity contribution in [3.63, 3.8) is 0 Å². The van der Waals surface area contributed by atoms with Crippen LogP contribution in [0.15, 0.2) is 12.1 Å². The van der Waals surface area contributed by atoms with Crippen molar-refractivity contribution >= 4 is 0 Å². The second-order valence-electron chi connectivity index (χ2n) is 2.38. The maximum Gasteiger partial charge on any atom is 0.144 e. The predicted molar refractivity (Wildman–Crippen MR) is 42.1 cm³/mol. The number of hydrogen-bond acceptors (Lipinski definition) is 3. The van der Waals surface area contributed by atoms with Gasteiger partial charge in [0.1, 0.15) is 23.2 Å². The van der Waals surface area contributed by atoms with Crippen molar-refractivity contribution in [1.82, 2.24) is 0 Å². The molecule has 0 spiro atoms. The first-order valence-corrected chi connectivity index (χ1v) is 3.48. The Balaban J connectivity index is 3.31. The van der Waals surface area contributed by atoms with Crippen LogP contribution in [-0.4, -0.2) is 5.11 Å². The number of benzene rings is 1. The fourth-order valence-corrected chi connectivity index (χ4v) is 0.944. The molecule has 4 heteroatoms. The summed E-state index contributed by atoms with van der Waals surface area (Å²) in [4.78, 5) is 0. The zero-order valence-electron chi connectivity index (χ0n) is 6.58. The van der Waals surface area contributed by atoms with Crippen LogP contribution >= 0.6 is 0 Å². The topological polar surface area (TPSA) is 67.8 Å². The van der Waals surface area contributed by atoms with Gasteiger partial charge in [0.25, 0.3) is 0 Å². The molecular weight excluding hydrogens is 171 g/mol. The lowest BCUT2D eigenvalue weighted by Gasteiger charge is -2.01. The van der Waals surface area contributed by atoms with Crippen molar-refractivity contribution in [3.8, 4) is 17.9 Å². The molecule has 13 heavy (non-hydrogen) atoms. The van der Waals surface area contributed by atoms with Gasteiger partial charge in [0.15, 0.2) is 0 Å². The third kappa shape index (κ3) is 1.57. The quantitative estimate of drug-likeness (QED) is 0.704. The molecule has 1 rings (SSSR count). The molecule has 0 fully saturated rings. The van der Waals surface area contributed by atoms with Gasteiger partial charge in [-0.3, -0.25) is 0 Å². The molecule has 64 valence electrons. The Bertz CT molecular complexity index is 415. The Morgan fingerprint density at radius 3 is 2.62 bits per heavy atom. The van der Waals surface area contributed by atoms with Crippen LogP contribution in [0.2, 0.25) is 0 Å². The van der Waals surface area contributed by atoms with Crippen LogP contribution in [0.3, 0.4) is 0 Å². The van der Waals surface area contributed by atoms with E-state index in [2.05, 4.69) is 0 Å². The lowest BCUT2D eigenvalue weighted by molar-refractivity contribution is 0.461. The number of aromatic hydroxyl groups is 1. The Morgan fingerprint density at radius 1 is 1.38 bits per heavy atom. The lowest BCUT2D eigenvalue weighted by Crippen LogP contribution is -1.90. The molecule has 0 atom stereocenters. The van der Waals surface area contributed by atoms with E-state index in [0.717, 1.165) is 6.07 Å². The number of phenols is 1. The van der Waals surface area contributed by atoms with Gasteiger partial charge in [-0.1, -0.05) is 6.07 Å². The van der Waals surface area contributed by atoms with Gasteiger partial charge in [-0.05, 0) is 6.07 Å². The third-order valence-corrected chi connectivity index (χ3v) is 1.59. The van der Waals surface area contributed by atoms with Crippen molar-refractivity contribution in [3.05, 3.63) is 29.1 Å². The number of halogens is 1. The van der Waals surface area contributed by atoms with E-state index in [1.807, 2.05) is 0 Å². The van der Waals surface area contributed by atoms with Crippen molar-refractivity contribution in [1.29, 1.82) is 10.5 Å². The highest BCUT2D eigenvalue weighted by molar-refractivity contribution is 5.49. The smallest absolute Gasteiger partial charge is 0.144 e. The molecule has 0 heterocycles. The minimum atomic E-state index is -0.776. The van der Waals surface area contributed by atoms with Gasteiger partial charge in [0.05, 0.1) is 12.5 Å². The second kappa shape index (κ2) is 3.55. The minimum Gasteiger partial charge on any atom is -0.506 e. The average Bonchev–Trinajstić information content (AvgIpc) is 2.11. The standard InChI is InChI=1S/C9H5FN2O/c10-8-2-1-6(3-4-11)9(13)7(8)5-12/h1-2,13H,3H2. The van der Waals surface area contributed by atoms with E-state index in [1.54, 1.807) is 6.07 Å². The van der Waals surface area contributed by atoms with Crippen LogP contribution in [-0.2, 0) is 6.42 Å². The van der Waals surface area contributed by atoms with Crippen LogP contribution < -0.4 is 0 Å². The molecule has 0 aliphatic rings. The highest BCUT2D eigenvalue weighted by atomic mass is 19.1. The predicted octanol–water partition coefficient (Wildman–Crippen LogP) is 1.47. The molecule has 0 amide bonds. The molecule has 1 aromatic carbocycles. The number of nitriles is 2. The largest absolute Gasteiger partial charge is 0.506 e. The zero-order chi connectivity index (χ0) is 9.84. The van der Waals surface area contributed by atoms with Gasteiger partial charge in [-0.15, -0.1) is 0 Å². The molecular formula is C9H5FN2O. The van der Waals surface area contributed by atoms with Gasteiger partial charge < -0.3 is 5.11 Å². The van der Waals surface area contributed by atoms with Gasteiger partial charge in [0.2, 0.25) is 0 Å².